The number of carbonyl (C=O) groups excluding carboxylic acids is 1. The zero-order chi connectivity index (χ0) is 38.1. The van der Waals surface area contributed by atoms with E-state index in [-0.39, 0.29) is 38.3 Å². The fourth-order valence-corrected chi connectivity index (χ4v) is 12.5. The largest absolute Gasteiger partial charge is 0.444 e. The quantitative estimate of drug-likeness (QED) is 0.193. The van der Waals surface area contributed by atoms with Gasteiger partial charge in [0, 0.05) is 37.3 Å². The highest BCUT2D eigenvalue weighted by molar-refractivity contribution is 9.10. The zero-order valence-corrected chi connectivity index (χ0v) is 35.1. The number of pyridine rings is 2. The van der Waals surface area contributed by atoms with E-state index < -0.39 is 42.8 Å². The molecule has 6 heterocycles. The molecule has 0 saturated carbocycles. The number of alkyl carbamates (subject to hydrolysis) is 1. The molecule has 2 atom stereocenters. The van der Waals surface area contributed by atoms with E-state index in [2.05, 4.69) is 41.2 Å². The summed E-state index contributed by atoms with van der Waals surface area (Å²) in [4.78, 5) is 30.9. The van der Waals surface area contributed by atoms with E-state index in [0.29, 0.717) is 24.4 Å². The van der Waals surface area contributed by atoms with Crippen LogP contribution in [0.4, 0.5) is 4.79 Å². The van der Waals surface area contributed by atoms with Gasteiger partial charge in [-0.1, -0.05) is 38.1 Å². The van der Waals surface area contributed by atoms with Gasteiger partial charge in [0.1, 0.15) is 21.3 Å². The van der Waals surface area contributed by atoms with Gasteiger partial charge in [-0.2, -0.15) is 0 Å². The molecule has 0 aliphatic carbocycles. The van der Waals surface area contributed by atoms with E-state index in [1.165, 1.54) is 36.8 Å². The highest BCUT2D eigenvalue weighted by Crippen LogP contribution is 2.47. The van der Waals surface area contributed by atoms with E-state index in [1.807, 2.05) is 13.0 Å². The van der Waals surface area contributed by atoms with E-state index in [0.717, 1.165) is 34.5 Å². The Labute approximate surface area is 337 Å². The number of amides is 1. The molecule has 0 spiro atoms. The molecule has 21 heteroatoms. The monoisotopic (exact) mass is 912 g/mol. The molecule has 292 valence electrons. The maximum atomic E-state index is 12.8. The molecular formula is C32H43BrCl2N8O6S4. The Kier molecular flexibility index (Phi) is 12.9. The smallest absolute Gasteiger partial charge is 0.414 e. The van der Waals surface area contributed by atoms with Crippen molar-refractivity contribution in [3.8, 4) is 0 Å². The Morgan fingerprint density at radius 1 is 0.906 bits per heavy atom. The zero-order valence-electron chi connectivity index (χ0n) is 28.7. The number of halogens is 3. The summed E-state index contributed by atoms with van der Waals surface area (Å²) in [5.74, 6) is -0.625. The summed E-state index contributed by atoms with van der Waals surface area (Å²) in [6.45, 7) is 10.4. The number of thiophene rings is 2. The Morgan fingerprint density at radius 2 is 1.38 bits per heavy atom. The Bertz CT molecular complexity index is 2360. The first kappa shape index (κ1) is 44.6. The molecule has 0 radical (unpaired) electrons. The van der Waals surface area contributed by atoms with Crippen LogP contribution < -0.4 is 11.1 Å². The lowest BCUT2D eigenvalue weighted by atomic mass is 10.0. The second-order valence-corrected chi connectivity index (χ2v) is 20.8. The first-order chi connectivity index (χ1) is 23.4. The summed E-state index contributed by atoms with van der Waals surface area (Å²) in [6, 6.07) is 3.59. The van der Waals surface area contributed by atoms with Crippen LogP contribution in [0.1, 0.15) is 64.9 Å². The number of aryl methyl sites for hydroxylation is 1. The third-order valence-electron chi connectivity index (χ3n) is 7.91. The van der Waals surface area contributed by atoms with E-state index in [1.54, 1.807) is 53.1 Å². The van der Waals surface area contributed by atoms with Crippen LogP contribution in [0.5, 0.6) is 0 Å². The number of carbonyl (C=O) groups is 1. The minimum absolute atomic E-state index is 0. The molecule has 1 amide bonds. The molecule has 53 heavy (non-hydrogen) atoms. The molecule has 0 bridgehead atoms. The predicted octanol–water partition coefficient (Wildman–Crippen LogP) is 7.42. The number of hydrogen-bond donors (Lipinski definition) is 2. The van der Waals surface area contributed by atoms with E-state index in [9.17, 15) is 21.6 Å². The minimum Gasteiger partial charge on any atom is -0.444 e. The second kappa shape index (κ2) is 15.4. The van der Waals surface area contributed by atoms with Crippen LogP contribution in [0, 0.1) is 6.92 Å². The Hall–Kier alpha value is -2.81. The van der Waals surface area contributed by atoms with Gasteiger partial charge in [0.15, 0.2) is 0 Å². The summed E-state index contributed by atoms with van der Waals surface area (Å²) in [6.07, 6.45) is 2.50. The van der Waals surface area contributed by atoms with Gasteiger partial charge in [0.05, 0.1) is 46.4 Å². The number of rotatable bonds is 2. The van der Waals surface area contributed by atoms with E-state index in [4.69, 9.17) is 33.7 Å². The number of nitrogens with zero attached hydrogens (tertiary/aromatic N) is 6. The third-order valence-corrected chi connectivity index (χ3v) is 16.7. The maximum absolute atomic E-state index is 12.8. The number of ether oxygens (including phenoxy) is 1. The van der Waals surface area contributed by atoms with Crippen molar-refractivity contribution in [3.63, 3.8) is 0 Å². The molecule has 14 nitrogen and oxygen atoms in total. The standard InChI is InChI=1S/C17H20BrClN4O4S2.C13H15ClN4O2S2.2CH4/c1-16(2,3)27-15(24)21-14-22-17(4,8-29(25,26)23(14)5)12-10(19)9-6-7-20-13(18)11(9)28-12;1-7-10-8(4-5-16-7)9(14)11(21-10)13(2)6-22(19,20)18(3)12(15)17-13;;/h6-7H,8H2,1-5H3,(H,21,22,24);4-5H,6H2,1-3H3,(H2,15,17);2*1H4/t17-;13-;;/m00../s1. The van der Waals surface area contributed by atoms with Crippen molar-refractivity contribution in [2.75, 3.05) is 25.6 Å². The molecule has 2 aliphatic rings. The van der Waals surface area contributed by atoms with Gasteiger partial charge in [0.2, 0.25) is 32.0 Å². The molecule has 4 aromatic rings. The third kappa shape index (κ3) is 8.70. The van der Waals surface area contributed by atoms with Crippen molar-refractivity contribution >= 4 is 120 Å². The number of guanidine groups is 2. The van der Waals surface area contributed by atoms with Crippen molar-refractivity contribution < 1.29 is 26.4 Å². The minimum atomic E-state index is -3.77. The number of aliphatic imine (C=N–C) groups is 2. The fraction of sp³-hybridized carbons (Fsp3) is 0.469. The van der Waals surface area contributed by atoms with Crippen molar-refractivity contribution in [3.05, 3.63) is 54.6 Å². The van der Waals surface area contributed by atoms with Gasteiger partial charge in [-0.15, -0.1) is 22.7 Å². The molecule has 0 fully saturated rings. The SMILES string of the molecule is C.C.CN1C(NC(=O)OC(C)(C)C)=N[C@](C)(c2sc3c(Br)nccc3c2Cl)CS1(=O)=O.Cc1nccc2c(Cl)c([C@]3(C)CS(=O)(=O)N(C)C(N)=N3)sc12. The fourth-order valence-electron chi connectivity index (χ4n) is 5.38. The van der Waals surface area contributed by atoms with Crippen LogP contribution in [0.25, 0.3) is 20.2 Å². The van der Waals surface area contributed by atoms with Gasteiger partial charge >= 0.3 is 6.09 Å². The summed E-state index contributed by atoms with van der Waals surface area (Å²) >= 11 is 19.2. The first-order valence-corrected chi connectivity index (χ1v) is 21.4. The molecule has 2 aliphatic heterocycles. The number of sulfonamides is 2. The Balaban J connectivity index is 0.000000284. The highest BCUT2D eigenvalue weighted by atomic mass is 79.9. The summed E-state index contributed by atoms with van der Waals surface area (Å²) in [5, 5.41) is 4.99. The lowest BCUT2D eigenvalue weighted by molar-refractivity contribution is 0.0559. The van der Waals surface area contributed by atoms with Crippen molar-refractivity contribution in [2.24, 2.45) is 15.7 Å². The van der Waals surface area contributed by atoms with Crippen molar-refractivity contribution in [2.45, 2.75) is 73.1 Å². The van der Waals surface area contributed by atoms with Crippen molar-refractivity contribution in [1.82, 2.24) is 23.9 Å². The van der Waals surface area contributed by atoms with Crippen LogP contribution in [0.2, 0.25) is 10.0 Å². The predicted molar refractivity (Wildman–Crippen MR) is 221 cm³/mol. The summed E-state index contributed by atoms with van der Waals surface area (Å²) in [7, 11) is -4.56. The summed E-state index contributed by atoms with van der Waals surface area (Å²) < 4.78 is 59.8. The van der Waals surface area contributed by atoms with Gasteiger partial charge in [0.25, 0.3) is 0 Å². The lowest BCUT2D eigenvalue weighted by Crippen LogP contribution is -2.53. The molecule has 0 unspecified atom stereocenters. The normalized spacial score (nSPS) is 22.1. The maximum Gasteiger partial charge on any atom is 0.414 e. The van der Waals surface area contributed by atoms with Crippen LogP contribution in [0.3, 0.4) is 0 Å². The summed E-state index contributed by atoms with van der Waals surface area (Å²) in [5.41, 5.74) is 3.70. The number of nitrogens with two attached hydrogens (primary N) is 1. The van der Waals surface area contributed by atoms with Gasteiger partial charge in [-0.3, -0.25) is 10.3 Å². The van der Waals surface area contributed by atoms with Gasteiger partial charge in [-0.05, 0) is 69.6 Å². The number of nitrogens with one attached hydrogen (secondary N) is 1. The first-order valence-electron chi connectivity index (χ1n) is 15.0. The lowest BCUT2D eigenvalue weighted by Gasteiger charge is -2.35. The van der Waals surface area contributed by atoms with E-state index >= 15 is 0 Å². The average molecular weight is 915 g/mol. The van der Waals surface area contributed by atoms with Crippen LogP contribution in [0.15, 0.2) is 39.1 Å². The highest BCUT2D eigenvalue weighted by Gasteiger charge is 2.45. The average Bonchev–Trinajstić information content (AvgIpc) is 3.53. The molecule has 6 rings (SSSR count). The molecule has 0 aromatic carbocycles. The van der Waals surface area contributed by atoms with Gasteiger partial charge in [-0.25, -0.2) is 45.2 Å². The molecule has 3 N–H and O–H groups in total. The molecular weight excluding hydrogens is 871 g/mol. The molecule has 4 aromatic heterocycles. The molecule has 0 saturated heterocycles. The van der Waals surface area contributed by atoms with Gasteiger partial charge < -0.3 is 10.5 Å². The van der Waals surface area contributed by atoms with Crippen molar-refractivity contribution in [1.29, 1.82) is 0 Å². The number of fused-ring (bicyclic) bond motifs is 2. The topological polar surface area (TPSA) is 190 Å². The number of aromatic nitrogens is 2. The number of hydrogen-bond acceptors (Lipinski definition) is 13. The van der Waals surface area contributed by atoms with Crippen LogP contribution >= 0.6 is 61.8 Å². The second-order valence-electron chi connectivity index (χ2n) is 13.3. The Morgan fingerprint density at radius 3 is 1.87 bits per heavy atom. The van der Waals surface area contributed by atoms with Crippen LogP contribution in [-0.2, 0) is 35.9 Å². The van der Waals surface area contributed by atoms with Crippen LogP contribution in [-0.4, -0.2) is 84.6 Å².